The zero-order valence-electron chi connectivity index (χ0n) is 22.5. The molecule has 0 unspecified atom stereocenters. The summed E-state index contributed by atoms with van der Waals surface area (Å²) in [5.41, 5.74) is 7.02. The molecule has 0 N–H and O–H groups in total. The molecule has 9 rings (SSSR count). The van der Waals surface area contributed by atoms with Gasteiger partial charge in [0, 0.05) is 41.9 Å². The summed E-state index contributed by atoms with van der Waals surface area (Å²) >= 11 is 0. The molecule has 0 aliphatic carbocycles. The van der Waals surface area contributed by atoms with Gasteiger partial charge in [0.1, 0.15) is 5.65 Å². The molecule has 0 amide bonds. The largest absolute Gasteiger partial charge is 2.00 e. The maximum atomic E-state index is 4.79. The molecule has 4 aromatic carbocycles. The van der Waals surface area contributed by atoms with Crippen molar-refractivity contribution in [2.24, 2.45) is 7.05 Å². The van der Waals surface area contributed by atoms with E-state index in [0.29, 0.717) is 0 Å². The number of aryl methyl sites for hydroxylation is 1. The molecule has 0 aliphatic rings. The average Bonchev–Trinajstić information content (AvgIpc) is 3.78. The van der Waals surface area contributed by atoms with Crippen LogP contribution in [0, 0.1) is 12.1 Å². The Labute approximate surface area is 255 Å². The summed E-state index contributed by atoms with van der Waals surface area (Å²) in [7, 11) is 2.00. The molecule has 0 aliphatic heterocycles. The Bertz CT molecular complexity index is 2400. The van der Waals surface area contributed by atoms with Crippen molar-refractivity contribution in [2.45, 2.75) is 0 Å². The van der Waals surface area contributed by atoms with E-state index >= 15 is 0 Å². The summed E-state index contributed by atoms with van der Waals surface area (Å²) in [6.45, 7) is 0. The molecule has 5 aromatic heterocycles. The van der Waals surface area contributed by atoms with Crippen molar-refractivity contribution in [3.63, 3.8) is 0 Å². The monoisotopic (exact) mass is 721 g/mol. The minimum atomic E-state index is 0. The standard InChI is InChI=1S/C35H22N6.Pt/c1-38-20-18-37-35(38)39-19-16-23-12-13-24(21-32(23)39)40-30-10-4-2-7-26(30)28-15-14-25(22-33(28)40)41-31-11-5-3-8-27(31)29-9-6-17-36-34(29)41;/h2-20H,1H3;/q-2;+2. The van der Waals surface area contributed by atoms with Crippen LogP contribution in [0.1, 0.15) is 0 Å². The van der Waals surface area contributed by atoms with Crippen molar-refractivity contribution in [3.05, 3.63) is 128 Å². The van der Waals surface area contributed by atoms with Gasteiger partial charge in [-0.15, -0.1) is 35.0 Å². The van der Waals surface area contributed by atoms with Gasteiger partial charge in [-0.25, -0.2) is 9.97 Å². The fourth-order valence-corrected chi connectivity index (χ4v) is 6.24. The first kappa shape index (κ1) is 24.8. The molecule has 0 bridgehead atoms. The van der Waals surface area contributed by atoms with E-state index in [4.69, 9.17) is 4.98 Å². The van der Waals surface area contributed by atoms with E-state index in [-0.39, 0.29) is 21.1 Å². The number of para-hydroxylation sites is 2. The Morgan fingerprint density at radius 2 is 1.26 bits per heavy atom. The van der Waals surface area contributed by atoms with Gasteiger partial charge >= 0.3 is 21.1 Å². The van der Waals surface area contributed by atoms with Crippen LogP contribution in [0.5, 0.6) is 0 Å². The quantitative estimate of drug-likeness (QED) is 0.177. The third-order valence-corrected chi connectivity index (χ3v) is 8.08. The molecule has 42 heavy (non-hydrogen) atoms. The minimum absolute atomic E-state index is 0. The Kier molecular flexibility index (Phi) is 5.50. The molecule has 9 aromatic rings. The second-order valence-corrected chi connectivity index (χ2v) is 10.4. The summed E-state index contributed by atoms with van der Waals surface area (Å²) in [6, 6.07) is 39.4. The SMILES string of the molecule is Cn1ccnc1-n1ccc2ccc(-n3c4[c-]c(-n5c6ccccc6c6cccnc65)ccc4c4ccccc43)[c-]c21.[Pt+2]. The third-order valence-electron chi connectivity index (χ3n) is 8.08. The van der Waals surface area contributed by atoms with E-state index < -0.39 is 0 Å². The van der Waals surface area contributed by atoms with Crippen molar-refractivity contribution in [1.82, 2.24) is 28.2 Å². The number of nitrogens with zero attached hydrogens (tertiary/aromatic N) is 6. The molecular formula is C35H22N6Pt. The van der Waals surface area contributed by atoms with Crippen LogP contribution in [-0.2, 0) is 28.1 Å². The van der Waals surface area contributed by atoms with Gasteiger partial charge in [0.05, 0.1) is 5.52 Å². The third kappa shape index (κ3) is 3.42. The van der Waals surface area contributed by atoms with Crippen molar-refractivity contribution in [1.29, 1.82) is 0 Å². The van der Waals surface area contributed by atoms with Gasteiger partial charge < -0.3 is 18.3 Å². The van der Waals surface area contributed by atoms with E-state index in [9.17, 15) is 0 Å². The Hall–Kier alpha value is -4.93. The van der Waals surface area contributed by atoms with Crippen LogP contribution in [0.4, 0.5) is 0 Å². The van der Waals surface area contributed by atoms with Crippen molar-refractivity contribution in [2.75, 3.05) is 0 Å². The molecule has 202 valence electrons. The molecular weight excluding hydrogens is 700 g/mol. The molecule has 0 saturated heterocycles. The number of rotatable bonds is 3. The molecule has 0 saturated carbocycles. The first-order valence-corrected chi connectivity index (χ1v) is 13.6. The molecule has 0 spiro atoms. The minimum Gasteiger partial charge on any atom is -0.358 e. The summed E-state index contributed by atoms with van der Waals surface area (Å²) < 4.78 is 8.59. The molecule has 0 radical (unpaired) electrons. The van der Waals surface area contributed by atoms with Gasteiger partial charge in [0.25, 0.3) is 0 Å². The molecule has 6 nitrogen and oxygen atoms in total. The fourth-order valence-electron chi connectivity index (χ4n) is 6.24. The van der Waals surface area contributed by atoms with Crippen LogP contribution < -0.4 is 0 Å². The molecule has 7 heteroatoms. The number of benzene rings is 4. The van der Waals surface area contributed by atoms with E-state index in [1.165, 1.54) is 10.8 Å². The van der Waals surface area contributed by atoms with Crippen molar-refractivity contribution < 1.29 is 21.1 Å². The number of imidazole rings is 1. The van der Waals surface area contributed by atoms with Crippen molar-refractivity contribution in [3.8, 4) is 17.3 Å². The van der Waals surface area contributed by atoms with Crippen molar-refractivity contribution >= 4 is 54.6 Å². The van der Waals surface area contributed by atoms with Gasteiger partial charge in [-0.1, -0.05) is 64.9 Å². The van der Waals surface area contributed by atoms with Gasteiger partial charge in [-0.05, 0) is 35.8 Å². The zero-order valence-corrected chi connectivity index (χ0v) is 24.7. The number of hydrogen-bond donors (Lipinski definition) is 0. The predicted octanol–water partition coefficient (Wildman–Crippen LogP) is 7.55. The summed E-state index contributed by atoms with van der Waals surface area (Å²) in [5.74, 6) is 0.850. The fraction of sp³-hybridized carbons (Fsp3) is 0.0286. The number of fused-ring (bicyclic) bond motifs is 7. The average molecular weight is 722 g/mol. The van der Waals surface area contributed by atoms with Crippen LogP contribution in [0.15, 0.2) is 116 Å². The first-order valence-electron chi connectivity index (χ1n) is 13.6. The predicted molar refractivity (Wildman–Crippen MR) is 164 cm³/mol. The van der Waals surface area contributed by atoms with E-state index in [2.05, 4.69) is 122 Å². The van der Waals surface area contributed by atoms with Crippen LogP contribution >= 0.6 is 0 Å². The molecule has 0 atom stereocenters. The molecule has 5 heterocycles. The van der Waals surface area contributed by atoms with Gasteiger partial charge in [0.2, 0.25) is 5.95 Å². The van der Waals surface area contributed by atoms with Gasteiger partial charge in [0.15, 0.2) is 0 Å². The van der Waals surface area contributed by atoms with Crippen LogP contribution in [0.25, 0.3) is 72.0 Å². The number of pyridine rings is 1. The van der Waals surface area contributed by atoms with Crippen LogP contribution in [0.3, 0.4) is 0 Å². The first-order chi connectivity index (χ1) is 20.3. The second kappa shape index (κ2) is 9.30. The van der Waals surface area contributed by atoms with E-state index in [0.717, 1.165) is 61.2 Å². The summed E-state index contributed by atoms with van der Waals surface area (Å²) in [6.07, 6.45) is 7.68. The van der Waals surface area contributed by atoms with Crippen LogP contribution in [-0.4, -0.2) is 28.2 Å². The Balaban J connectivity index is 0.00000267. The number of hydrogen-bond acceptors (Lipinski definition) is 2. The Morgan fingerprint density at radius 1 is 0.571 bits per heavy atom. The normalized spacial score (nSPS) is 11.7. The topological polar surface area (TPSA) is 45.5 Å². The summed E-state index contributed by atoms with van der Waals surface area (Å²) in [5, 5.41) is 5.74. The zero-order chi connectivity index (χ0) is 27.1. The van der Waals surface area contributed by atoms with Gasteiger partial charge in [-0.3, -0.25) is 0 Å². The van der Waals surface area contributed by atoms with Crippen LogP contribution in [0.2, 0.25) is 0 Å². The number of aromatic nitrogens is 6. The molecule has 0 fully saturated rings. The van der Waals surface area contributed by atoms with E-state index in [1.807, 2.05) is 36.3 Å². The maximum Gasteiger partial charge on any atom is 2.00 e. The maximum absolute atomic E-state index is 4.79. The smallest absolute Gasteiger partial charge is 0.358 e. The summed E-state index contributed by atoms with van der Waals surface area (Å²) in [4.78, 5) is 9.36. The second-order valence-electron chi connectivity index (χ2n) is 10.4. The Morgan fingerprint density at radius 3 is 2.07 bits per heavy atom. The van der Waals surface area contributed by atoms with E-state index in [1.54, 1.807) is 0 Å². The van der Waals surface area contributed by atoms with Gasteiger partial charge in [-0.2, -0.15) is 12.1 Å².